The molecule has 11 N–H and O–H groups in total. The van der Waals surface area contributed by atoms with Gasteiger partial charge in [0.25, 0.3) is 11.5 Å². The number of anilines is 5. The summed E-state index contributed by atoms with van der Waals surface area (Å²) in [6.07, 6.45) is -5.07. The summed E-state index contributed by atoms with van der Waals surface area (Å²) in [7, 11) is 9.42. The molecule has 138 heavy (non-hydrogen) atoms. The van der Waals surface area contributed by atoms with Gasteiger partial charge in [-0.15, -0.1) is 11.8 Å². The van der Waals surface area contributed by atoms with E-state index < -0.39 is 151 Å². The van der Waals surface area contributed by atoms with Crippen LogP contribution in [-0.2, 0) is 82.4 Å². The van der Waals surface area contributed by atoms with Gasteiger partial charge >= 0.3 is 59.9 Å². The van der Waals surface area contributed by atoms with Crippen molar-refractivity contribution < 1.29 is 124 Å². The van der Waals surface area contributed by atoms with Crippen LogP contribution >= 0.6 is 99.1 Å². The molecule has 4 unspecified atom stereocenters. The van der Waals surface area contributed by atoms with Gasteiger partial charge in [-0.25, -0.2) is 63.1 Å². The average molecular weight is 2180 g/mol. The number of rotatable bonds is 43. The number of fused-ring (bicyclic) bond motifs is 2. The number of carbonyl (C=O) groups excluding carboxylic acids is 7. The Hall–Kier alpha value is -11.1. The van der Waals surface area contributed by atoms with Crippen LogP contribution in [0.3, 0.4) is 0 Å². The molecule has 744 valence electrons. The van der Waals surface area contributed by atoms with Crippen LogP contribution in [0.2, 0.25) is 0 Å². The number of amides is 2. The molecule has 0 radical (unpaired) electrons. The number of aromatic nitrogens is 14. The van der Waals surface area contributed by atoms with Gasteiger partial charge in [0.1, 0.15) is 120 Å². The van der Waals surface area contributed by atoms with Gasteiger partial charge in [0, 0.05) is 105 Å². The smallest absolute Gasteiger partial charge is 0.448 e. The molecule has 2 amide bonds. The third-order valence-electron chi connectivity index (χ3n) is 20.3. The second kappa shape index (κ2) is 50.7. The van der Waals surface area contributed by atoms with E-state index in [1.165, 1.54) is 135 Å². The number of nitrogens with two attached hydrogens (primary N) is 2. The Labute approximate surface area is 819 Å². The van der Waals surface area contributed by atoms with Crippen LogP contribution in [0, 0.1) is 16.4 Å². The molecule has 0 bridgehead atoms. The van der Waals surface area contributed by atoms with Crippen molar-refractivity contribution >= 4 is 193 Å². The maximum atomic E-state index is 14.7. The van der Waals surface area contributed by atoms with E-state index >= 15 is 0 Å². The van der Waals surface area contributed by atoms with Gasteiger partial charge in [-0.1, -0.05) is 94.2 Å². The van der Waals surface area contributed by atoms with Crippen molar-refractivity contribution in [1.29, 1.82) is 0 Å². The number of aliphatic hydroxyl groups is 2. The lowest BCUT2D eigenvalue weighted by molar-refractivity contribution is -0.141. The first-order chi connectivity index (χ1) is 66.6. The molecule has 7 aromatic heterocycles. The van der Waals surface area contributed by atoms with Gasteiger partial charge in [-0.05, 0) is 84.1 Å². The number of imidazole rings is 2. The van der Waals surface area contributed by atoms with E-state index in [0.717, 1.165) is 34.2 Å². The standard InChI is InChI=1S/C44H54N14O16S5.C33H36F2IN9O12S2/c1-24-18-57(40(61)53-37(24)59)31-17-28(54-55-46)29(73-31)20-71-43(64)68-10-14-78-79-15-11-69-44(65)72-21-33-74-32(22-75-33)56-7-6-30(49-39(56)60)50-41(62)66-8-12-76-77-13-9-67-42(63)70-19-25-2-5-27(16-25)58-23-47-34-35(48-26-3-4-26)51-38(45)52-36(34)58;1-38-27(48)22-21(46)23(28(56-22)45-15-42-20-25(40-14-41-26(20)45)39-12-16-3-2-4-17(36)11-16)57-32(51)53-8-10-59-58-9-7-52-31(50)54-13-18-24(47)33(34,35)29(55-18)44-6-5-19(37)43-30(44)49/h2,5-7,18,23,25-29,31-33H,3-4,8-17,19-22H2,1H3,(H,53,59,61)(H3,45,48,51,52)(H,49,50,60,62);2-6,11,14-15,18,21-24,28-29,46-47H,7-10,12-13H2,1H3,(H,38,48)(H2,37,43,49)(H,39,40,41)/t25-,27+,28+,29-,31-,32?,33-;18?,21-,22+,23-,24?,28-,29?/m11/s1. The topological polar surface area (TPSA) is 659 Å². The molecule has 4 saturated heterocycles. The van der Waals surface area contributed by atoms with Crippen LogP contribution in [-0.4, -0.2) is 294 Å². The molecule has 4 aliphatic heterocycles. The summed E-state index contributed by atoms with van der Waals surface area (Å²) in [5, 5.41) is 36.2. The maximum Gasteiger partial charge on any atom is 0.508 e. The monoisotopic (exact) mass is 2170 g/mol. The number of ether oxygens (including phenoxy) is 15. The highest BCUT2D eigenvalue weighted by Gasteiger charge is 2.60. The van der Waals surface area contributed by atoms with Crippen LogP contribution in [0.1, 0.15) is 67.8 Å². The first kappa shape index (κ1) is 104. The number of H-pyrrole nitrogens is 1. The highest BCUT2D eigenvalue weighted by Crippen LogP contribution is 2.44. The van der Waals surface area contributed by atoms with Gasteiger partial charge in [-0.2, -0.15) is 28.7 Å². The maximum absolute atomic E-state index is 14.7. The van der Waals surface area contributed by atoms with Crippen LogP contribution < -0.4 is 55.4 Å². The Morgan fingerprint density at radius 3 is 1.92 bits per heavy atom. The van der Waals surface area contributed by atoms with E-state index in [0.29, 0.717) is 80.7 Å². The second-order valence-corrected chi connectivity index (χ2v) is 40.4. The predicted molar refractivity (Wildman–Crippen MR) is 504 cm³/mol. The molecular weight excluding hydrogens is 2080 g/mol. The van der Waals surface area contributed by atoms with E-state index in [4.69, 9.17) is 88.1 Å². The predicted octanol–water partition coefficient (Wildman–Crippen LogP) is 7.38. The van der Waals surface area contributed by atoms with E-state index in [1.54, 1.807) is 6.33 Å². The van der Waals surface area contributed by atoms with Gasteiger partial charge in [-0.3, -0.25) is 38.2 Å². The minimum absolute atomic E-state index is 0.00435. The zero-order valence-corrected chi connectivity index (χ0v) is 80.5. The summed E-state index contributed by atoms with van der Waals surface area (Å²) in [5.74, 6) is -1.01. The van der Waals surface area contributed by atoms with Crippen molar-refractivity contribution in [2.45, 2.75) is 130 Å². The minimum Gasteiger partial charge on any atom is -0.448 e. The molecule has 2 aliphatic carbocycles. The summed E-state index contributed by atoms with van der Waals surface area (Å²) in [5.41, 5.74) is 20.0. The Kier molecular flexibility index (Phi) is 38.3. The number of aryl methyl sites for hydroxylation is 1. The molecule has 14 atom stereocenters. The number of benzene rings is 1. The highest BCUT2D eigenvalue weighted by molar-refractivity contribution is 14.1. The number of likely N-dealkylation sites (N-methyl/N-ethyl adjacent to an activating group) is 1. The normalized spacial score (nSPS) is 22.2. The molecule has 6 aliphatic rings. The van der Waals surface area contributed by atoms with Crippen molar-refractivity contribution in [2.75, 3.05) is 141 Å². The lowest BCUT2D eigenvalue weighted by Crippen LogP contribution is -2.42. The SMILES string of the molecule is CNC(=O)[C@H]1O[C@@H](n2cnc3c(NCc4cccc(I)c4)ncnc32)[C@H](OC(=O)OCCSSCCOC(=O)OCC2OC(n3ccc(N)nc3=O)C(F)(F)C2O)[C@@H]1O.Cc1cn([C@H]2C[C@H](N=[N+]=[N-])[C@@H](COC(=O)OCCSSCCOC(=O)OC[C@@H]3OC(n4ccc(NC(=O)OCCSSCCOC(=O)OC[C@@H]5C=C[C@H](n6cnc7c(NC8CC8)nc(N)nc76)C5)nc4=O)CS3)O2)c(=O)[nH]c1=O. The number of aromatic amines is 1. The van der Waals surface area contributed by atoms with E-state index in [9.17, 15) is 71.7 Å². The summed E-state index contributed by atoms with van der Waals surface area (Å²) in [6.45, 7) is 0.839. The van der Waals surface area contributed by atoms with Crippen molar-refractivity contribution in [1.82, 2.24) is 73.0 Å². The number of nitrogens with zero attached hydrogens (tertiary/aromatic N) is 16. The Morgan fingerprint density at radius 1 is 0.667 bits per heavy atom. The lowest BCUT2D eigenvalue weighted by Gasteiger charge is -2.21. The number of hydrogen-bond acceptors (Lipinski definition) is 48. The Morgan fingerprint density at radius 2 is 1.28 bits per heavy atom. The molecule has 51 nitrogen and oxygen atoms in total. The molecule has 14 rings (SSSR count). The zero-order chi connectivity index (χ0) is 97.9. The van der Waals surface area contributed by atoms with Crippen molar-refractivity contribution in [3.05, 3.63) is 153 Å². The first-order valence-electron chi connectivity index (χ1n) is 41.9. The second-order valence-electron chi connectivity index (χ2n) is 29.9. The number of alkyl halides is 2. The number of halogens is 3. The molecule has 61 heteroatoms. The van der Waals surface area contributed by atoms with Gasteiger partial charge in [0.05, 0.1) is 24.7 Å². The number of nitrogen functional groups attached to an aromatic ring is 2. The quantitative estimate of drug-likeness (QED) is 0.00207. The fraction of sp³-hybridized carbons (Fsp3) is 0.519. The summed E-state index contributed by atoms with van der Waals surface area (Å²) >= 11 is 3.54. The number of nitrogens with one attached hydrogen (secondary N) is 5. The zero-order valence-electron chi connectivity index (χ0n) is 72.6. The van der Waals surface area contributed by atoms with E-state index in [2.05, 4.69) is 98.7 Å². The van der Waals surface area contributed by atoms with Crippen LogP contribution in [0.25, 0.3) is 32.8 Å². The molecule has 8 aromatic rings. The van der Waals surface area contributed by atoms with Crippen LogP contribution in [0.5, 0.6) is 0 Å². The van der Waals surface area contributed by atoms with Gasteiger partial charge < -0.3 is 113 Å². The third kappa shape index (κ3) is 29.1. The van der Waals surface area contributed by atoms with Crippen LogP contribution in [0.4, 0.5) is 66.8 Å². The van der Waals surface area contributed by atoms with E-state index in [-0.39, 0.29) is 118 Å². The van der Waals surface area contributed by atoms with Gasteiger partial charge in [0.15, 0.2) is 58.5 Å². The Bertz CT molecular complexity index is 5930. The number of aliphatic hydroxyl groups excluding tert-OH is 2. The fourth-order valence-corrected chi connectivity index (χ4v) is 20.2. The molecule has 1 aromatic carbocycles. The summed E-state index contributed by atoms with van der Waals surface area (Å²) in [4.78, 5) is 174. The van der Waals surface area contributed by atoms with Crippen LogP contribution in [0.15, 0.2) is 110 Å². The summed E-state index contributed by atoms with van der Waals surface area (Å²) < 4.78 is 116. The largest absolute Gasteiger partial charge is 0.508 e. The number of carbonyl (C=O) groups is 7. The number of thioether (sulfide) groups is 1. The summed E-state index contributed by atoms with van der Waals surface area (Å²) in [6, 6.07) is 10.0. The fourth-order valence-electron chi connectivity index (χ4n) is 13.6. The first-order valence-corrected chi connectivity index (χ1v) is 51.5. The van der Waals surface area contributed by atoms with Crippen molar-refractivity contribution in [3.8, 4) is 0 Å². The van der Waals surface area contributed by atoms with Crippen molar-refractivity contribution in [2.24, 2.45) is 11.0 Å². The molecular formula is C77H90F2IN23O28S7. The highest BCUT2D eigenvalue weighted by atomic mass is 127. The molecule has 5 fully saturated rings. The number of azide groups is 1. The Balaban J connectivity index is 0.000000243. The van der Waals surface area contributed by atoms with E-state index in [1.807, 2.05) is 41.0 Å². The number of allylic oxidation sites excluding steroid dienone is 1. The van der Waals surface area contributed by atoms with Gasteiger partial charge in [0.2, 0.25) is 12.2 Å². The molecule has 11 heterocycles. The van der Waals surface area contributed by atoms with Crippen molar-refractivity contribution in [3.63, 3.8) is 0 Å². The third-order valence-corrected chi connectivity index (χ3v) is 29.1. The average Bonchev–Trinajstić information content (AvgIpc) is 1.63. The molecule has 0 spiro atoms. The minimum atomic E-state index is -3.92. The molecule has 1 saturated carbocycles. The number of hydrogen-bond donors (Lipinski definition) is 9. The lowest BCUT2D eigenvalue weighted by atomic mass is 10.1.